The predicted molar refractivity (Wildman–Crippen MR) is 88.0 cm³/mol. The van der Waals surface area contributed by atoms with E-state index in [2.05, 4.69) is 41.8 Å². The van der Waals surface area contributed by atoms with Gasteiger partial charge in [-0.05, 0) is 46.4 Å². The number of benzene rings is 2. The summed E-state index contributed by atoms with van der Waals surface area (Å²) in [5.74, 6) is 0.461. The third-order valence-electron chi connectivity index (χ3n) is 4.45. The third kappa shape index (κ3) is 2.20. The SMILES string of the molecule is O=C(Cc1csc2ccccc12)C1CCc2ccccc21. The van der Waals surface area contributed by atoms with Crippen molar-refractivity contribution in [2.45, 2.75) is 25.2 Å². The fourth-order valence-electron chi connectivity index (χ4n) is 3.37. The summed E-state index contributed by atoms with van der Waals surface area (Å²) in [6.45, 7) is 0. The zero-order valence-corrected chi connectivity index (χ0v) is 12.5. The maximum Gasteiger partial charge on any atom is 0.144 e. The minimum atomic E-state index is 0.0971. The number of hydrogen-bond acceptors (Lipinski definition) is 2. The van der Waals surface area contributed by atoms with Crippen molar-refractivity contribution in [3.05, 3.63) is 70.6 Å². The lowest BCUT2D eigenvalue weighted by Gasteiger charge is -2.10. The average molecular weight is 292 g/mol. The summed E-state index contributed by atoms with van der Waals surface area (Å²) in [7, 11) is 0. The molecule has 21 heavy (non-hydrogen) atoms. The highest BCUT2D eigenvalue weighted by atomic mass is 32.1. The highest BCUT2D eigenvalue weighted by Crippen LogP contribution is 2.35. The molecule has 1 aliphatic carbocycles. The van der Waals surface area contributed by atoms with Gasteiger partial charge in [0.1, 0.15) is 5.78 Å². The van der Waals surface area contributed by atoms with Crippen molar-refractivity contribution in [1.82, 2.24) is 0 Å². The van der Waals surface area contributed by atoms with Crippen LogP contribution in [0.15, 0.2) is 53.9 Å². The Morgan fingerprint density at radius 3 is 2.86 bits per heavy atom. The Morgan fingerprint density at radius 2 is 1.90 bits per heavy atom. The van der Waals surface area contributed by atoms with Gasteiger partial charge in [-0.15, -0.1) is 11.3 Å². The lowest BCUT2D eigenvalue weighted by atomic mass is 9.92. The van der Waals surface area contributed by atoms with E-state index in [0.29, 0.717) is 12.2 Å². The molecule has 2 heteroatoms. The van der Waals surface area contributed by atoms with Gasteiger partial charge in [0.15, 0.2) is 0 Å². The molecule has 104 valence electrons. The summed E-state index contributed by atoms with van der Waals surface area (Å²) in [4.78, 5) is 12.7. The van der Waals surface area contributed by atoms with Gasteiger partial charge in [0.05, 0.1) is 0 Å². The molecule has 0 N–H and O–H groups in total. The first-order valence-electron chi connectivity index (χ1n) is 7.38. The quantitative estimate of drug-likeness (QED) is 0.681. The van der Waals surface area contributed by atoms with Gasteiger partial charge in [0.2, 0.25) is 0 Å². The summed E-state index contributed by atoms with van der Waals surface area (Å²) in [6.07, 6.45) is 2.57. The number of thiophene rings is 1. The minimum Gasteiger partial charge on any atom is -0.299 e. The van der Waals surface area contributed by atoms with Crippen LogP contribution in [-0.4, -0.2) is 5.78 Å². The first-order valence-corrected chi connectivity index (χ1v) is 8.26. The Labute approximate surface area is 128 Å². The van der Waals surface area contributed by atoms with Crippen LogP contribution in [0.4, 0.5) is 0 Å². The third-order valence-corrected chi connectivity index (χ3v) is 5.46. The summed E-state index contributed by atoms with van der Waals surface area (Å²) >= 11 is 1.73. The Morgan fingerprint density at radius 1 is 1.10 bits per heavy atom. The van der Waals surface area contributed by atoms with E-state index in [4.69, 9.17) is 0 Å². The second-order valence-corrected chi connectivity index (χ2v) is 6.60. The molecule has 0 bridgehead atoms. The van der Waals surface area contributed by atoms with Crippen LogP contribution >= 0.6 is 11.3 Å². The monoisotopic (exact) mass is 292 g/mol. The molecular weight excluding hydrogens is 276 g/mol. The first-order chi connectivity index (χ1) is 10.3. The number of Topliss-reactive ketones (excluding diaryl/α,β-unsaturated/α-hetero) is 1. The topological polar surface area (TPSA) is 17.1 Å². The number of ketones is 1. The summed E-state index contributed by atoms with van der Waals surface area (Å²) in [5, 5.41) is 3.38. The van der Waals surface area contributed by atoms with Crippen molar-refractivity contribution in [1.29, 1.82) is 0 Å². The van der Waals surface area contributed by atoms with E-state index < -0.39 is 0 Å². The van der Waals surface area contributed by atoms with Gasteiger partial charge < -0.3 is 0 Å². The van der Waals surface area contributed by atoms with Gasteiger partial charge in [-0.25, -0.2) is 0 Å². The molecule has 0 saturated carbocycles. The van der Waals surface area contributed by atoms with Crippen LogP contribution in [-0.2, 0) is 17.6 Å². The van der Waals surface area contributed by atoms with Crippen LogP contribution in [0.25, 0.3) is 10.1 Å². The molecule has 0 amide bonds. The second-order valence-electron chi connectivity index (χ2n) is 5.69. The Kier molecular flexibility index (Phi) is 3.12. The maximum absolute atomic E-state index is 12.7. The van der Waals surface area contributed by atoms with E-state index in [-0.39, 0.29) is 5.92 Å². The molecule has 3 aromatic rings. The number of aryl methyl sites for hydroxylation is 1. The standard InChI is InChI=1S/C19H16OS/c20-18(17-10-9-13-5-1-2-6-15(13)17)11-14-12-21-19-8-4-3-7-16(14)19/h1-8,12,17H,9-11H2. The largest absolute Gasteiger partial charge is 0.299 e. The lowest BCUT2D eigenvalue weighted by molar-refractivity contribution is -0.119. The molecule has 0 saturated heterocycles. The summed E-state index contributed by atoms with van der Waals surface area (Å²) in [5.41, 5.74) is 3.79. The van der Waals surface area contributed by atoms with E-state index in [1.54, 1.807) is 11.3 Å². The van der Waals surface area contributed by atoms with Crippen molar-refractivity contribution < 1.29 is 4.79 Å². The predicted octanol–water partition coefficient (Wildman–Crippen LogP) is 4.74. The van der Waals surface area contributed by atoms with Crippen LogP contribution in [0, 0.1) is 0 Å². The van der Waals surface area contributed by atoms with Gasteiger partial charge in [-0.2, -0.15) is 0 Å². The molecule has 0 fully saturated rings. The highest BCUT2D eigenvalue weighted by Gasteiger charge is 2.28. The van der Waals surface area contributed by atoms with E-state index in [0.717, 1.165) is 12.8 Å². The fourth-order valence-corrected chi connectivity index (χ4v) is 4.33. The van der Waals surface area contributed by atoms with Gasteiger partial charge in [-0.1, -0.05) is 42.5 Å². The molecule has 0 aliphatic heterocycles. The Hall–Kier alpha value is -1.93. The summed E-state index contributed by atoms with van der Waals surface area (Å²) < 4.78 is 1.27. The van der Waals surface area contributed by atoms with Crippen LogP contribution in [0.5, 0.6) is 0 Å². The molecule has 2 aromatic carbocycles. The molecule has 1 heterocycles. The second kappa shape index (κ2) is 5.12. The molecule has 4 rings (SSSR count). The number of carbonyl (C=O) groups is 1. The zero-order chi connectivity index (χ0) is 14.2. The van der Waals surface area contributed by atoms with Crippen LogP contribution in [0.3, 0.4) is 0 Å². The lowest BCUT2D eigenvalue weighted by Crippen LogP contribution is -2.12. The maximum atomic E-state index is 12.7. The number of carbonyl (C=O) groups excluding carboxylic acids is 1. The van der Waals surface area contributed by atoms with Crippen molar-refractivity contribution in [3.63, 3.8) is 0 Å². The minimum absolute atomic E-state index is 0.0971. The fraction of sp³-hybridized carbons (Fsp3) is 0.211. The van der Waals surface area contributed by atoms with Crippen LogP contribution in [0.1, 0.15) is 29.0 Å². The van der Waals surface area contributed by atoms with Gasteiger partial charge >= 0.3 is 0 Å². The summed E-state index contributed by atoms with van der Waals surface area (Å²) in [6, 6.07) is 16.7. The molecule has 0 spiro atoms. The highest BCUT2D eigenvalue weighted by molar-refractivity contribution is 7.17. The van der Waals surface area contributed by atoms with Crippen LogP contribution in [0.2, 0.25) is 0 Å². The average Bonchev–Trinajstić information content (AvgIpc) is 3.12. The van der Waals surface area contributed by atoms with Crippen molar-refractivity contribution in [2.75, 3.05) is 0 Å². The Bertz CT molecular complexity index is 815. The van der Waals surface area contributed by atoms with Gasteiger partial charge in [-0.3, -0.25) is 4.79 Å². The van der Waals surface area contributed by atoms with Gasteiger partial charge in [0.25, 0.3) is 0 Å². The molecule has 0 radical (unpaired) electrons. The van der Waals surface area contributed by atoms with Crippen LogP contribution < -0.4 is 0 Å². The van der Waals surface area contributed by atoms with E-state index in [9.17, 15) is 4.79 Å². The molecule has 1 unspecified atom stereocenters. The van der Waals surface area contributed by atoms with Crippen molar-refractivity contribution >= 4 is 27.2 Å². The van der Waals surface area contributed by atoms with Gasteiger partial charge in [0, 0.05) is 17.0 Å². The molecule has 1 aliphatic rings. The first kappa shape index (κ1) is 12.8. The number of rotatable bonds is 3. The smallest absolute Gasteiger partial charge is 0.144 e. The van der Waals surface area contributed by atoms with E-state index in [1.807, 2.05) is 12.1 Å². The zero-order valence-electron chi connectivity index (χ0n) is 11.7. The number of fused-ring (bicyclic) bond motifs is 2. The van der Waals surface area contributed by atoms with Crippen molar-refractivity contribution in [2.24, 2.45) is 0 Å². The number of hydrogen-bond donors (Lipinski definition) is 0. The normalized spacial score (nSPS) is 17.0. The molecule has 1 nitrogen and oxygen atoms in total. The molecule has 1 atom stereocenters. The van der Waals surface area contributed by atoms with E-state index in [1.165, 1.54) is 26.8 Å². The molecular formula is C19H16OS. The molecule has 1 aromatic heterocycles. The van der Waals surface area contributed by atoms with E-state index >= 15 is 0 Å². The Balaban J connectivity index is 1.62. The van der Waals surface area contributed by atoms with Crippen molar-refractivity contribution in [3.8, 4) is 0 Å².